The number of halogens is 2. The molecule has 102 valence electrons. The first-order valence-electron chi connectivity index (χ1n) is 5.97. The standard InChI is InChI=1S/C14H15Cl2NO2/c1-9(10-2-5-13(15)14(16)6-10)17-7-11-3-4-12(8-18)19-11/h2-6,9,17-18H,7-8H2,1H3/t9-/m1/s1. The Morgan fingerprint density at radius 1 is 1.16 bits per heavy atom. The molecule has 0 aliphatic rings. The van der Waals surface area contributed by atoms with Crippen LogP contribution in [-0.4, -0.2) is 5.11 Å². The Balaban J connectivity index is 1.96. The third-order valence-electron chi connectivity index (χ3n) is 2.90. The van der Waals surface area contributed by atoms with Gasteiger partial charge in [-0.2, -0.15) is 0 Å². The highest BCUT2D eigenvalue weighted by atomic mass is 35.5. The smallest absolute Gasteiger partial charge is 0.129 e. The molecule has 1 aromatic carbocycles. The molecule has 0 amide bonds. The van der Waals surface area contributed by atoms with Gasteiger partial charge < -0.3 is 14.8 Å². The highest BCUT2D eigenvalue weighted by Gasteiger charge is 2.08. The van der Waals surface area contributed by atoms with Crippen LogP contribution >= 0.6 is 23.2 Å². The summed E-state index contributed by atoms with van der Waals surface area (Å²) in [6, 6.07) is 9.31. The Morgan fingerprint density at radius 3 is 2.53 bits per heavy atom. The molecule has 19 heavy (non-hydrogen) atoms. The molecule has 0 radical (unpaired) electrons. The zero-order chi connectivity index (χ0) is 13.8. The van der Waals surface area contributed by atoms with Crippen LogP contribution in [0.25, 0.3) is 0 Å². The number of rotatable bonds is 5. The van der Waals surface area contributed by atoms with E-state index in [9.17, 15) is 0 Å². The summed E-state index contributed by atoms with van der Waals surface area (Å²) in [4.78, 5) is 0. The van der Waals surface area contributed by atoms with Crippen LogP contribution in [-0.2, 0) is 13.2 Å². The van der Waals surface area contributed by atoms with Crippen molar-refractivity contribution in [1.82, 2.24) is 5.32 Å². The third-order valence-corrected chi connectivity index (χ3v) is 3.64. The van der Waals surface area contributed by atoms with E-state index < -0.39 is 0 Å². The lowest BCUT2D eigenvalue weighted by molar-refractivity contribution is 0.242. The predicted molar refractivity (Wildman–Crippen MR) is 76.3 cm³/mol. The molecule has 0 aliphatic carbocycles. The SMILES string of the molecule is C[C@@H](NCc1ccc(CO)o1)c1ccc(Cl)c(Cl)c1. The maximum absolute atomic E-state index is 8.92. The molecule has 0 saturated carbocycles. The van der Waals surface area contributed by atoms with E-state index in [4.69, 9.17) is 32.7 Å². The van der Waals surface area contributed by atoms with Gasteiger partial charge in [0.05, 0.1) is 16.6 Å². The second-order valence-electron chi connectivity index (χ2n) is 4.30. The summed E-state index contributed by atoms with van der Waals surface area (Å²) in [5.41, 5.74) is 1.06. The molecular formula is C14H15Cl2NO2. The third kappa shape index (κ3) is 3.74. The summed E-state index contributed by atoms with van der Waals surface area (Å²) < 4.78 is 5.40. The first kappa shape index (κ1) is 14.4. The second-order valence-corrected chi connectivity index (χ2v) is 5.12. The lowest BCUT2D eigenvalue weighted by Crippen LogP contribution is -2.17. The van der Waals surface area contributed by atoms with Crippen molar-refractivity contribution >= 4 is 23.2 Å². The van der Waals surface area contributed by atoms with Crippen LogP contribution in [0.5, 0.6) is 0 Å². The van der Waals surface area contributed by atoms with E-state index in [1.54, 1.807) is 12.1 Å². The molecule has 0 bridgehead atoms. The van der Waals surface area contributed by atoms with E-state index >= 15 is 0 Å². The van der Waals surface area contributed by atoms with Gasteiger partial charge in [-0.05, 0) is 36.8 Å². The number of nitrogens with one attached hydrogen (secondary N) is 1. The topological polar surface area (TPSA) is 45.4 Å². The van der Waals surface area contributed by atoms with Gasteiger partial charge in [0.2, 0.25) is 0 Å². The number of aliphatic hydroxyl groups is 1. The van der Waals surface area contributed by atoms with Gasteiger partial charge in [0.15, 0.2) is 0 Å². The van der Waals surface area contributed by atoms with Crippen LogP contribution in [0.2, 0.25) is 10.0 Å². The zero-order valence-corrected chi connectivity index (χ0v) is 12.0. The number of aliphatic hydroxyl groups excluding tert-OH is 1. The molecule has 0 aliphatic heterocycles. The Bertz CT molecular complexity index is 554. The first-order chi connectivity index (χ1) is 9.10. The first-order valence-corrected chi connectivity index (χ1v) is 6.72. The van der Waals surface area contributed by atoms with E-state index in [0.717, 1.165) is 11.3 Å². The van der Waals surface area contributed by atoms with Crippen LogP contribution in [0, 0.1) is 0 Å². The van der Waals surface area contributed by atoms with Crippen molar-refractivity contribution in [2.75, 3.05) is 0 Å². The van der Waals surface area contributed by atoms with Crippen LogP contribution in [0.4, 0.5) is 0 Å². The fourth-order valence-electron chi connectivity index (χ4n) is 1.76. The number of furan rings is 1. The molecule has 0 spiro atoms. The largest absolute Gasteiger partial charge is 0.462 e. The van der Waals surface area contributed by atoms with Gasteiger partial charge in [-0.15, -0.1) is 0 Å². The average Bonchev–Trinajstić information content (AvgIpc) is 2.87. The van der Waals surface area contributed by atoms with Gasteiger partial charge in [0, 0.05) is 6.04 Å². The van der Waals surface area contributed by atoms with Crippen molar-refractivity contribution in [2.24, 2.45) is 0 Å². The molecule has 1 heterocycles. The molecule has 0 unspecified atom stereocenters. The quantitative estimate of drug-likeness (QED) is 0.879. The van der Waals surface area contributed by atoms with E-state index in [2.05, 4.69) is 5.32 Å². The Morgan fingerprint density at radius 2 is 1.89 bits per heavy atom. The molecule has 3 nitrogen and oxygen atoms in total. The minimum absolute atomic E-state index is 0.0810. The lowest BCUT2D eigenvalue weighted by Gasteiger charge is -2.14. The van der Waals surface area contributed by atoms with Crippen molar-refractivity contribution in [3.8, 4) is 0 Å². The zero-order valence-electron chi connectivity index (χ0n) is 10.5. The molecule has 2 rings (SSSR count). The van der Waals surface area contributed by atoms with Gasteiger partial charge in [-0.1, -0.05) is 29.3 Å². The monoisotopic (exact) mass is 299 g/mol. The normalized spacial score (nSPS) is 12.6. The second kappa shape index (κ2) is 6.44. The number of benzene rings is 1. The molecule has 1 aromatic heterocycles. The number of hydrogen-bond donors (Lipinski definition) is 2. The molecular weight excluding hydrogens is 285 g/mol. The minimum Gasteiger partial charge on any atom is -0.462 e. The average molecular weight is 300 g/mol. The summed E-state index contributed by atoms with van der Waals surface area (Å²) in [5.74, 6) is 1.36. The van der Waals surface area contributed by atoms with Gasteiger partial charge in [0.25, 0.3) is 0 Å². The van der Waals surface area contributed by atoms with Crippen molar-refractivity contribution in [3.05, 3.63) is 57.5 Å². The summed E-state index contributed by atoms with van der Waals surface area (Å²) >= 11 is 11.9. The maximum Gasteiger partial charge on any atom is 0.129 e. The Kier molecular flexibility index (Phi) is 4.88. The van der Waals surface area contributed by atoms with Gasteiger partial charge in [-0.25, -0.2) is 0 Å². The van der Waals surface area contributed by atoms with E-state index in [1.165, 1.54) is 0 Å². The minimum atomic E-state index is -0.0810. The van der Waals surface area contributed by atoms with Crippen LogP contribution < -0.4 is 5.32 Å². The molecule has 1 atom stereocenters. The Hall–Kier alpha value is -1.000. The van der Waals surface area contributed by atoms with E-state index in [1.807, 2.05) is 25.1 Å². The summed E-state index contributed by atoms with van der Waals surface area (Å²) in [7, 11) is 0. The lowest BCUT2D eigenvalue weighted by atomic mass is 10.1. The summed E-state index contributed by atoms with van der Waals surface area (Å²) in [5, 5.41) is 13.3. The summed E-state index contributed by atoms with van der Waals surface area (Å²) in [6.07, 6.45) is 0. The van der Waals surface area contributed by atoms with Crippen molar-refractivity contribution in [1.29, 1.82) is 0 Å². The maximum atomic E-state index is 8.92. The van der Waals surface area contributed by atoms with Crippen molar-refractivity contribution in [3.63, 3.8) is 0 Å². The van der Waals surface area contributed by atoms with Gasteiger partial charge in [0.1, 0.15) is 18.1 Å². The molecule has 2 aromatic rings. The fourth-order valence-corrected chi connectivity index (χ4v) is 2.06. The molecule has 5 heteroatoms. The predicted octanol–water partition coefficient (Wildman–Crippen LogP) is 3.93. The van der Waals surface area contributed by atoms with E-state index in [-0.39, 0.29) is 12.6 Å². The van der Waals surface area contributed by atoms with Crippen LogP contribution in [0.1, 0.15) is 30.0 Å². The van der Waals surface area contributed by atoms with Gasteiger partial charge in [-0.3, -0.25) is 0 Å². The Labute approximate surface area is 122 Å². The number of hydrogen-bond acceptors (Lipinski definition) is 3. The van der Waals surface area contributed by atoms with Crippen LogP contribution in [0.3, 0.4) is 0 Å². The highest BCUT2D eigenvalue weighted by Crippen LogP contribution is 2.25. The highest BCUT2D eigenvalue weighted by molar-refractivity contribution is 6.42. The molecule has 2 N–H and O–H groups in total. The van der Waals surface area contributed by atoms with Crippen molar-refractivity contribution in [2.45, 2.75) is 26.1 Å². The van der Waals surface area contributed by atoms with Crippen LogP contribution in [0.15, 0.2) is 34.7 Å². The molecule has 0 fully saturated rings. The van der Waals surface area contributed by atoms with Crippen molar-refractivity contribution < 1.29 is 9.52 Å². The summed E-state index contributed by atoms with van der Waals surface area (Å²) in [6.45, 7) is 2.54. The van der Waals surface area contributed by atoms with E-state index in [0.29, 0.717) is 22.4 Å². The van der Waals surface area contributed by atoms with Gasteiger partial charge >= 0.3 is 0 Å². The fraction of sp³-hybridized carbons (Fsp3) is 0.286. The molecule has 0 saturated heterocycles.